The van der Waals surface area contributed by atoms with E-state index < -0.39 is 0 Å². The van der Waals surface area contributed by atoms with Gasteiger partial charge in [0.1, 0.15) is 6.54 Å². The van der Waals surface area contributed by atoms with Crippen molar-refractivity contribution in [3.8, 4) is 0 Å². The van der Waals surface area contributed by atoms with Crippen molar-refractivity contribution in [1.29, 1.82) is 0 Å². The highest BCUT2D eigenvalue weighted by atomic mass is 16.1. The summed E-state index contributed by atoms with van der Waals surface area (Å²) in [4.78, 5) is 16.3. The normalized spacial score (nSPS) is 14.7. The average molecular weight is 314 g/mol. The molecule has 0 unspecified atom stereocenters. The molecule has 1 aliphatic rings. The molecule has 23 heavy (non-hydrogen) atoms. The molecule has 0 heterocycles. The van der Waals surface area contributed by atoms with Crippen molar-refractivity contribution in [2.75, 3.05) is 19.6 Å². The van der Waals surface area contributed by atoms with E-state index in [9.17, 15) is 4.79 Å². The number of guanidine groups is 1. The number of carbonyl (C=O) groups is 1. The molecule has 1 amide bonds. The summed E-state index contributed by atoms with van der Waals surface area (Å²) < 4.78 is 0. The Morgan fingerprint density at radius 2 is 1.91 bits per heavy atom. The monoisotopic (exact) mass is 314 g/mol. The number of aliphatic imine (C=N–C) groups is 1. The van der Waals surface area contributed by atoms with Crippen LogP contribution in [0.5, 0.6) is 0 Å². The summed E-state index contributed by atoms with van der Waals surface area (Å²) in [6, 6.07) is 10.5. The van der Waals surface area contributed by atoms with Gasteiger partial charge in [-0.1, -0.05) is 42.5 Å². The summed E-state index contributed by atoms with van der Waals surface area (Å²) in [5.74, 6) is 0.655. The Morgan fingerprint density at radius 3 is 2.61 bits per heavy atom. The van der Waals surface area contributed by atoms with Crippen LogP contribution < -0.4 is 16.0 Å². The van der Waals surface area contributed by atoms with Crippen LogP contribution in [-0.4, -0.2) is 37.5 Å². The molecule has 3 N–H and O–H groups in total. The van der Waals surface area contributed by atoms with Crippen LogP contribution in [0.4, 0.5) is 0 Å². The van der Waals surface area contributed by atoms with Crippen LogP contribution in [0.1, 0.15) is 25.3 Å². The van der Waals surface area contributed by atoms with E-state index in [1.54, 1.807) is 0 Å². The van der Waals surface area contributed by atoms with Gasteiger partial charge in [0.2, 0.25) is 5.91 Å². The van der Waals surface area contributed by atoms with E-state index in [0.717, 1.165) is 25.8 Å². The molecule has 0 spiro atoms. The van der Waals surface area contributed by atoms with E-state index in [1.165, 1.54) is 5.56 Å². The van der Waals surface area contributed by atoms with Crippen molar-refractivity contribution < 1.29 is 4.79 Å². The third-order valence-corrected chi connectivity index (χ3v) is 3.65. The molecule has 0 atom stereocenters. The summed E-state index contributed by atoms with van der Waals surface area (Å²) >= 11 is 0. The molecular formula is C18H26N4O. The maximum absolute atomic E-state index is 11.9. The number of amides is 1. The molecule has 5 heteroatoms. The molecule has 0 saturated heterocycles. The molecule has 0 aliphatic heterocycles. The van der Waals surface area contributed by atoms with Crippen molar-refractivity contribution in [3.05, 3.63) is 48.0 Å². The van der Waals surface area contributed by atoms with Gasteiger partial charge < -0.3 is 16.0 Å². The lowest BCUT2D eigenvalue weighted by Gasteiger charge is -2.16. The van der Waals surface area contributed by atoms with Crippen LogP contribution in [0.15, 0.2) is 47.5 Å². The molecule has 1 aromatic carbocycles. The van der Waals surface area contributed by atoms with Gasteiger partial charge in [0, 0.05) is 19.1 Å². The van der Waals surface area contributed by atoms with Crippen LogP contribution in [0.25, 0.3) is 0 Å². The van der Waals surface area contributed by atoms with Crippen LogP contribution in [0.2, 0.25) is 0 Å². The molecule has 0 aromatic heterocycles. The van der Waals surface area contributed by atoms with Crippen molar-refractivity contribution >= 4 is 11.9 Å². The predicted molar refractivity (Wildman–Crippen MR) is 94.4 cm³/mol. The number of nitrogens with zero attached hydrogens (tertiary/aromatic N) is 1. The highest BCUT2D eigenvalue weighted by Gasteiger charge is 2.11. The molecule has 1 aromatic rings. The highest BCUT2D eigenvalue weighted by molar-refractivity contribution is 5.85. The fourth-order valence-corrected chi connectivity index (χ4v) is 2.45. The van der Waals surface area contributed by atoms with Gasteiger partial charge in [-0.3, -0.25) is 4.79 Å². The molecule has 2 rings (SSSR count). The van der Waals surface area contributed by atoms with E-state index in [-0.39, 0.29) is 12.5 Å². The minimum atomic E-state index is -0.0531. The molecule has 1 aliphatic carbocycles. The van der Waals surface area contributed by atoms with E-state index in [1.807, 2.05) is 25.1 Å². The quantitative estimate of drug-likeness (QED) is 0.407. The number of hydrogen-bond donors (Lipinski definition) is 3. The van der Waals surface area contributed by atoms with Gasteiger partial charge in [0.15, 0.2) is 5.96 Å². The lowest BCUT2D eigenvalue weighted by molar-refractivity contribution is -0.119. The first-order valence-electron chi connectivity index (χ1n) is 8.28. The molecule has 0 radical (unpaired) electrons. The molecular weight excluding hydrogens is 288 g/mol. The summed E-state index contributed by atoms with van der Waals surface area (Å²) in [7, 11) is 0. The van der Waals surface area contributed by atoms with Crippen LogP contribution in [0.3, 0.4) is 0 Å². The standard InChI is InChI=1S/C18H26N4O/c1-2-19-18(22-16-10-6-7-11-16)21-14-17(23)20-13-12-15-8-4-3-5-9-15/h3-9,16H,2,10-14H2,1H3,(H,20,23)(H2,19,21,22). The minimum absolute atomic E-state index is 0.0531. The Balaban J connectivity index is 1.71. The number of carbonyl (C=O) groups excluding carboxylic acids is 1. The largest absolute Gasteiger partial charge is 0.357 e. The van der Waals surface area contributed by atoms with Crippen LogP contribution in [-0.2, 0) is 11.2 Å². The lowest BCUT2D eigenvalue weighted by atomic mass is 10.1. The zero-order valence-corrected chi connectivity index (χ0v) is 13.7. The number of benzene rings is 1. The Kier molecular flexibility index (Phi) is 7.17. The first kappa shape index (κ1) is 17.1. The Bertz CT molecular complexity index is 531. The van der Waals surface area contributed by atoms with E-state index in [4.69, 9.17) is 0 Å². The summed E-state index contributed by atoms with van der Waals surface area (Å²) in [6.07, 6.45) is 7.18. The summed E-state index contributed by atoms with van der Waals surface area (Å²) in [5.41, 5.74) is 1.22. The number of rotatable bonds is 7. The van der Waals surface area contributed by atoms with Crippen molar-refractivity contribution in [2.45, 2.75) is 32.2 Å². The topological polar surface area (TPSA) is 65.5 Å². The lowest BCUT2D eigenvalue weighted by Crippen LogP contribution is -2.43. The number of nitrogens with one attached hydrogen (secondary N) is 3. The second kappa shape index (κ2) is 9.66. The van der Waals surface area contributed by atoms with Crippen LogP contribution in [0, 0.1) is 0 Å². The molecule has 5 nitrogen and oxygen atoms in total. The molecule has 0 saturated carbocycles. The fraction of sp³-hybridized carbons (Fsp3) is 0.444. The maximum atomic E-state index is 11.9. The maximum Gasteiger partial charge on any atom is 0.241 e. The summed E-state index contributed by atoms with van der Waals surface area (Å²) in [6.45, 7) is 3.57. The molecule has 0 fully saturated rings. The van der Waals surface area contributed by atoms with Gasteiger partial charge >= 0.3 is 0 Å². The van der Waals surface area contributed by atoms with Gasteiger partial charge in [-0.25, -0.2) is 4.99 Å². The van der Waals surface area contributed by atoms with Gasteiger partial charge in [-0.2, -0.15) is 0 Å². The SMILES string of the molecule is CCNC(=NCC(=O)NCCc1ccccc1)NC1CC=CC1. The molecule has 124 valence electrons. The first-order valence-corrected chi connectivity index (χ1v) is 8.28. The third kappa shape index (κ3) is 6.55. The second-order valence-corrected chi connectivity index (χ2v) is 5.56. The number of hydrogen-bond acceptors (Lipinski definition) is 2. The Labute approximate surface area is 138 Å². The minimum Gasteiger partial charge on any atom is -0.357 e. The van der Waals surface area contributed by atoms with Gasteiger partial charge in [0.25, 0.3) is 0 Å². The predicted octanol–water partition coefficient (Wildman–Crippen LogP) is 1.62. The molecule has 0 bridgehead atoms. The van der Waals surface area contributed by atoms with Crippen molar-refractivity contribution in [3.63, 3.8) is 0 Å². The van der Waals surface area contributed by atoms with Gasteiger partial charge in [-0.05, 0) is 31.7 Å². The van der Waals surface area contributed by atoms with Crippen LogP contribution >= 0.6 is 0 Å². The fourth-order valence-electron chi connectivity index (χ4n) is 2.45. The second-order valence-electron chi connectivity index (χ2n) is 5.56. The van der Waals surface area contributed by atoms with E-state index >= 15 is 0 Å². The van der Waals surface area contributed by atoms with E-state index in [2.05, 4.69) is 45.2 Å². The van der Waals surface area contributed by atoms with Crippen molar-refractivity contribution in [2.24, 2.45) is 4.99 Å². The highest BCUT2D eigenvalue weighted by Crippen LogP contribution is 2.08. The van der Waals surface area contributed by atoms with Crippen molar-refractivity contribution in [1.82, 2.24) is 16.0 Å². The zero-order valence-electron chi connectivity index (χ0n) is 13.7. The zero-order chi connectivity index (χ0) is 16.3. The Hall–Kier alpha value is -2.30. The van der Waals surface area contributed by atoms with Gasteiger partial charge in [0.05, 0.1) is 0 Å². The third-order valence-electron chi connectivity index (χ3n) is 3.65. The average Bonchev–Trinajstić information content (AvgIpc) is 3.07. The summed E-state index contributed by atoms with van der Waals surface area (Å²) in [5, 5.41) is 9.44. The smallest absolute Gasteiger partial charge is 0.241 e. The van der Waals surface area contributed by atoms with Gasteiger partial charge in [-0.15, -0.1) is 0 Å². The Morgan fingerprint density at radius 1 is 1.17 bits per heavy atom. The van der Waals surface area contributed by atoms with E-state index in [0.29, 0.717) is 18.5 Å². The first-order chi connectivity index (χ1) is 11.3.